The van der Waals surface area contributed by atoms with E-state index >= 15 is 0 Å². The lowest BCUT2D eigenvalue weighted by Crippen LogP contribution is -2.06. The van der Waals surface area contributed by atoms with Gasteiger partial charge in [-0.3, -0.25) is 0 Å². The molecule has 0 unspecified atom stereocenters. The average molecular weight is 328 g/mol. The van der Waals surface area contributed by atoms with Crippen LogP contribution in [-0.2, 0) is 11.3 Å². The fourth-order valence-corrected chi connectivity index (χ4v) is 2.46. The Bertz CT molecular complexity index is 864. The molecule has 4 nitrogen and oxygen atoms in total. The number of para-hydroxylation sites is 2. The van der Waals surface area contributed by atoms with Crippen LogP contribution in [-0.4, -0.2) is 18.1 Å². The number of fused-ring (bicyclic) bond motifs is 1. The molecule has 5 heteroatoms. The van der Waals surface area contributed by atoms with Crippen molar-refractivity contribution in [2.75, 3.05) is 7.11 Å². The maximum atomic E-state index is 11.7. The molecule has 2 aromatic carbocycles. The summed E-state index contributed by atoms with van der Waals surface area (Å²) >= 11 is 6.22. The first-order chi connectivity index (χ1) is 11.2. The third-order valence-electron chi connectivity index (χ3n) is 3.43. The van der Waals surface area contributed by atoms with Gasteiger partial charge in [0.1, 0.15) is 23.1 Å². The number of nitrogens with zero attached hydrogens (tertiary/aromatic N) is 1. The summed E-state index contributed by atoms with van der Waals surface area (Å²) in [5, 5.41) is 1.37. The van der Waals surface area contributed by atoms with Gasteiger partial charge >= 0.3 is 5.97 Å². The highest BCUT2D eigenvalue weighted by Crippen LogP contribution is 2.24. The highest BCUT2D eigenvalue weighted by atomic mass is 35.5. The van der Waals surface area contributed by atoms with Gasteiger partial charge < -0.3 is 9.47 Å². The molecule has 1 aromatic heterocycles. The lowest BCUT2D eigenvalue weighted by molar-refractivity contribution is 0.0595. The summed E-state index contributed by atoms with van der Waals surface area (Å²) in [6.45, 7) is 0.213. The van der Waals surface area contributed by atoms with Gasteiger partial charge in [-0.05, 0) is 24.3 Å². The second-order valence-electron chi connectivity index (χ2n) is 4.91. The van der Waals surface area contributed by atoms with Crippen molar-refractivity contribution >= 4 is 28.5 Å². The van der Waals surface area contributed by atoms with Crippen LogP contribution in [0, 0.1) is 0 Å². The van der Waals surface area contributed by atoms with E-state index in [1.807, 2.05) is 30.3 Å². The van der Waals surface area contributed by atoms with Crippen molar-refractivity contribution in [2.24, 2.45) is 0 Å². The molecule has 0 amide bonds. The van der Waals surface area contributed by atoms with Gasteiger partial charge in [0, 0.05) is 10.9 Å². The molecule has 0 aliphatic rings. The van der Waals surface area contributed by atoms with Crippen molar-refractivity contribution in [1.82, 2.24) is 4.98 Å². The molecule has 0 spiro atoms. The molecule has 0 aliphatic carbocycles. The number of esters is 1. The van der Waals surface area contributed by atoms with Gasteiger partial charge in [-0.25, -0.2) is 9.78 Å². The van der Waals surface area contributed by atoms with Gasteiger partial charge in [-0.2, -0.15) is 0 Å². The van der Waals surface area contributed by atoms with Crippen LogP contribution in [0.25, 0.3) is 10.9 Å². The van der Waals surface area contributed by atoms with E-state index in [9.17, 15) is 4.79 Å². The molecule has 3 aromatic rings. The SMILES string of the molecule is COC(=O)c1ccccc1OCc1cc2ccccc2nc1Cl. The van der Waals surface area contributed by atoms with Crippen molar-refractivity contribution < 1.29 is 14.3 Å². The lowest BCUT2D eigenvalue weighted by Gasteiger charge is -2.11. The molecule has 0 bridgehead atoms. The minimum atomic E-state index is -0.441. The molecule has 0 aliphatic heterocycles. The smallest absolute Gasteiger partial charge is 0.341 e. The number of halogens is 1. The number of ether oxygens (including phenoxy) is 2. The van der Waals surface area contributed by atoms with Crippen molar-refractivity contribution in [3.63, 3.8) is 0 Å². The highest BCUT2D eigenvalue weighted by molar-refractivity contribution is 6.30. The van der Waals surface area contributed by atoms with Gasteiger partial charge in [0.25, 0.3) is 0 Å². The zero-order valence-electron chi connectivity index (χ0n) is 12.5. The van der Waals surface area contributed by atoms with Crippen LogP contribution in [0.2, 0.25) is 5.15 Å². The summed E-state index contributed by atoms with van der Waals surface area (Å²) < 4.78 is 10.5. The molecule has 1 heterocycles. The van der Waals surface area contributed by atoms with E-state index in [4.69, 9.17) is 21.1 Å². The molecule has 23 heavy (non-hydrogen) atoms. The summed E-state index contributed by atoms with van der Waals surface area (Å²) in [6, 6.07) is 16.6. The molecule has 0 radical (unpaired) electrons. The molecule has 116 valence electrons. The molecule has 0 N–H and O–H groups in total. The number of methoxy groups -OCH3 is 1. The summed E-state index contributed by atoms with van der Waals surface area (Å²) in [5.41, 5.74) is 1.96. The Morgan fingerprint density at radius 3 is 2.70 bits per heavy atom. The van der Waals surface area contributed by atoms with Gasteiger partial charge in [-0.1, -0.05) is 41.9 Å². The van der Waals surface area contributed by atoms with Gasteiger partial charge in [-0.15, -0.1) is 0 Å². The molecule has 0 saturated carbocycles. The molecular weight excluding hydrogens is 314 g/mol. The van der Waals surface area contributed by atoms with E-state index in [0.717, 1.165) is 16.5 Å². The predicted octanol–water partition coefficient (Wildman–Crippen LogP) is 4.25. The fraction of sp³-hybridized carbons (Fsp3) is 0.111. The Hall–Kier alpha value is -2.59. The van der Waals surface area contributed by atoms with Gasteiger partial charge in [0.05, 0.1) is 12.6 Å². The maximum Gasteiger partial charge on any atom is 0.341 e. The number of aromatic nitrogens is 1. The Kier molecular flexibility index (Phi) is 4.44. The Morgan fingerprint density at radius 2 is 1.87 bits per heavy atom. The number of carbonyl (C=O) groups excluding carboxylic acids is 1. The maximum absolute atomic E-state index is 11.7. The lowest BCUT2D eigenvalue weighted by atomic mass is 10.1. The third kappa shape index (κ3) is 3.27. The minimum Gasteiger partial charge on any atom is -0.488 e. The molecule has 0 saturated heterocycles. The standard InChI is InChI=1S/C18H14ClNO3/c1-22-18(21)14-7-3-5-9-16(14)23-11-13-10-12-6-2-4-8-15(12)20-17(13)19/h2-10H,11H2,1H3. The quantitative estimate of drug-likeness (QED) is 0.531. The van der Waals surface area contributed by atoms with Gasteiger partial charge in [0.2, 0.25) is 0 Å². The third-order valence-corrected chi connectivity index (χ3v) is 3.75. The monoisotopic (exact) mass is 327 g/mol. The second kappa shape index (κ2) is 6.67. The van der Waals surface area contributed by atoms with Gasteiger partial charge in [0.15, 0.2) is 0 Å². The van der Waals surface area contributed by atoms with Crippen molar-refractivity contribution in [2.45, 2.75) is 6.61 Å². The van der Waals surface area contributed by atoms with E-state index < -0.39 is 5.97 Å². The summed E-state index contributed by atoms with van der Waals surface area (Å²) in [7, 11) is 1.34. The Balaban J connectivity index is 1.87. The van der Waals surface area contributed by atoms with Crippen LogP contribution in [0.1, 0.15) is 15.9 Å². The Morgan fingerprint density at radius 1 is 1.13 bits per heavy atom. The summed E-state index contributed by atoms with van der Waals surface area (Å²) in [4.78, 5) is 16.1. The van der Waals surface area contributed by atoms with E-state index in [-0.39, 0.29) is 6.61 Å². The second-order valence-corrected chi connectivity index (χ2v) is 5.27. The molecule has 0 atom stereocenters. The average Bonchev–Trinajstić information content (AvgIpc) is 2.59. The van der Waals surface area contributed by atoms with E-state index in [1.165, 1.54) is 7.11 Å². The minimum absolute atomic E-state index is 0.213. The topological polar surface area (TPSA) is 48.4 Å². The molecule has 0 fully saturated rings. The number of hydrogen-bond acceptors (Lipinski definition) is 4. The Labute approximate surface area is 138 Å². The molecular formula is C18H14ClNO3. The number of pyridine rings is 1. The number of benzene rings is 2. The zero-order chi connectivity index (χ0) is 16.2. The highest BCUT2D eigenvalue weighted by Gasteiger charge is 2.13. The van der Waals surface area contributed by atoms with Crippen LogP contribution in [0.3, 0.4) is 0 Å². The van der Waals surface area contributed by atoms with Crippen molar-refractivity contribution in [3.05, 3.63) is 70.9 Å². The number of hydrogen-bond donors (Lipinski definition) is 0. The number of rotatable bonds is 4. The largest absolute Gasteiger partial charge is 0.488 e. The predicted molar refractivity (Wildman–Crippen MR) is 88.9 cm³/mol. The van der Waals surface area contributed by atoms with Crippen LogP contribution in [0.5, 0.6) is 5.75 Å². The first kappa shape index (κ1) is 15.3. The first-order valence-electron chi connectivity index (χ1n) is 7.03. The van der Waals surface area contributed by atoms with Crippen molar-refractivity contribution in [1.29, 1.82) is 0 Å². The van der Waals surface area contributed by atoms with E-state index in [1.54, 1.807) is 24.3 Å². The summed E-state index contributed by atoms with van der Waals surface area (Å²) in [6.07, 6.45) is 0. The fourth-order valence-electron chi connectivity index (χ4n) is 2.26. The normalized spacial score (nSPS) is 10.5. The van der Waals surface area contributed by atoms with Crippen LogP contribution >= 0.6 is 11.6 Å². The first-order valence-corrected chi connectivity index (χ1v) is 7.41. The van der Waals surface area contributed by atoms with E-state index in [0.29, 0.717) is 16.5 Å². The summed E-state index contributed by atoms with van der Waals surface area (Å²) in [5.74, 6) is 0.00640. The van der Waals surface area contributed by atoms with E-state index in [2.05, 4.69) is 4.98 Å². The van der Waals surface area contributed by atoms with Crippen LogP contribution in [0.15, 0.2) is 54.6 Å². The number of carbonyl (C=O) groups is 1. The zero-order valence-corrected chi connectivity index (χ0v) is 13.2. The van der Waals surface area contributed by atoms with Crippen LogP contribution < -0.4 is 4.74 Å². The van der Waals surface area contributed by atoms with Crippen LogP contribution in [0.4, 0.5) is 0 Å². The molecule has 3 rings (SSSR count). The van der Waals surface area contributed by atoms with Crippen molar-refractivity contribution in [3.8, 4) is 5.75 Å².